The molecule has 33 heavy (non-hydrogen) atoms. The maximum atomic E-state index is 13.5. The van der Waals surface area contributed by atoms with Gasteiger partial charge in [-0.3, -0.25) is 4.79 Å². The first kappa shape index (κ1) is 23.8. The molecule has 1 aromatic heterocycles. The highest BCUT2D eigenvalue weighted by Crippen LogP contribution is 2.35. The molecule has 0 bridgehead atoms. The average molecular weight is 494 g/mol. The van der Waals surface area contributed by atoms with Gasteiger partial charge in [-0.1, -0.05) is 11.6 Å². The lowest BCUT2D eigenvalue weighted by molar-refractivity contribution is -0.138. The van der Waals surface area contributed by atoms with Gasteiger partial charge in [0.25, 0.3) is 0 Å². The molecule has 2 aromatic rings. The van der Waals surface area contributed by atoms with E-state index in [4.69, 9.17) is 21.1 Å². The second-order valence-corrected chi connectivity index (χ2v) is 10.6. The molecule has 1 amide bonds. The zero-order valence-corrected chi connectivity index (χ0v) is 20.3. The summed E-state index contributed by atoms with van der Waals surface area (Å²) in [7, 11) is -0.530. The monoisotopic (exact) mass is 493 g/mol. The molecule has 0 radical (unpaired) electrons. The number of benzene rings is 1. The zero-order valence-electron chi connectivity index (χ0n) is 18.7. The number of amides is 1. The van der Waals surface area contributed by atoms with Crippen molar-refractivity contribution in [2.24, 2.45) is 5.92 Å². The number of halogens is 1. The fourth-order valence-electron chi connectivity index (χ4n) is 4.24. The van der Waals surface area contributed by atoms with Gasteiger partial charge in [0.1, 0.15) is 21.5 Å². The van der Waals surface area contributed by atoms with E-state index in [0.717, 1.165) is 18.4 Å². The Morgan fingerprint density at radius 3 is 2.48 bits per heavy atom. The Labute approximate surface area is 199 Å². The Morgan fingerprint density at radius 2 is 1.88 bits per heavy atom. The van der Waals surface area contributed by atoms with Gasteiger partial charge in [-0.05, 0) is 56.0 Å². The molecule has 2 heterocycles. The molecule has 2 fully saturated rings. The Balaban J connectivity index is 1.46. The van der Waals surface area contributed by atoms with Gasteiger partial charge in [0.15, 0.2) is 0 Å². The van der Waals surface area contributed by atoms with Crippen LogP contribution in [0.4, 0.5) is 0 Å². The summed E-state index contributed by atoms with van der Waals surface area (Å²) in [6.45, 7) is 0.976. The minimum absolute atomic E-state index is 0.00108. The molecule has 178 valence electrons. The molecule has 0 N–H and O–H groups in total. The third-order valence-corrected chi connectivity index (χ3v) is 8.59. The van der Waals surface area contributed by atoms with Crippen molar-refractivity contribution >= 4 is 27.5 Å². The van der Waals surface area contributed by atoms with E-state index in [1.165, 1.54) is 16.6 Å². The van der Waals surface area contributed by atoms with Crippen LogP contribution in [0.1, 0.15) is 31.2 Å². The molecule has 1 aliphatic carbocycles. The van der Waals surface area contributed by atoms with Gasteiger partial charge >= 0.3 is 0 Å². The highest BCUT2D eigenvalue weighted by atomic mass is 35.5. The van der Waals surface area contributed by atoms with E-state index >= 15 is 0 Å². The number of sulfonamides is 1. The number of aromatic nitrogens is 1. The van der Waals surface area contributed by atoms with Crippen LogP contribution < -0.4 is 9.47 Å². The van der Waals surface area contributed by atoms with Crippen molar-refractivity contribution in [1.82, 2.24) is 14.2 Å². The number of ether oxygens (including phenoxy) is 2. The first-order chi connectivity index (χ1) is 15.8. The van der Waals surface area contributed by atoms with Gasteiger partial charge < -0.3 is 14.4 Å². The fraction of sp³-hybridized carbons (Fsp3) is 0.478. The van der Waals surface area contributed by atoms with Gasteiger partial charge in [0, 0.05) is 43.4 Å². The molecule has 0 atom stereocenters. The minimum atomic E-state index is -3.75. The lowest BCUT2D eigenvalue weighted by Crippen LogP contribution is -2.45. The van der Waals surface area contributed by atoms with Crippen LogP contribution in [0.25, 0.3) is 0 Å². The summed E-state index contributed by atoms with van der Waals surface area (Å²) in [6, 6.07) is 8.79. The lowest BCUT2D eigenvalue weighted by Gasteiger charge is -2.34. The first-order valence-electron chi connectivity index (χ1n) is 11.0. The maximum absolute atomic E-state index is 13.5. The lowest BCUT2D eigenvalue weighted by atomic mass is 9.96. The number of hydrogen-bond acceptors (Lipinski definition) is 6. The molecule has 1 aromatic carbocycles. The molecule has 1 saturated carbocycles. The molecule has 0 unspecified atom stereocenters. The van der Waals surface area contributed by atoms with E-state index in [-0.39, 0.29) is 41.0 Å². The SMILES string of the molecule is COc1ccc(OC)c(CN(C(=O)C2CCN(S(=O)(=O)c3cccnc3Cl)CC2)C2CC2)c1. The molecule has 8 nitrogen and oxygen atoms in total. The number of piperidine rings is 1. The average Bonchev–Trinajstić information content (AvgIpc) is 3.67. The topological polar surface area (TPSA) is 89.0 Å². The third-order valence-electron chi connectivity index (χ3n) is 6.24. The van der Waals surface area contributed by atoms with E-state index < -0.39 is 10.0 Å². The van der Waals surface area contributed by atoms with Crippen molar-refractivity contribution in [2.75, 3.05) is 27.3 Å². The normalized spacial score (nSPS) is 17.5. The van der Waals surface area contributed by atoms with Crippen LogP contribution in [-0.4, -0.2) is 61.9 Å². The molecular weight excluding hydrogens is 466 g/mol. The van der Waals surface area contributed by atoms with Crippen LogP contribution in [0.2, 0.25) is 5.15 Å². The second kappa shape index (κ2) is 9.87. The number of carbonyl (C=O) groups excluding carboxylic acids is 1. The summed E-state index contributed by atoms with van der Waals surface area (Å²) in [5, 5.41) is -0.0390. The molecule has 1 aliphatic heterocycles. The van der Waals surface area contributed by atoms with Crippen molar-refractivity contribution in [1.29, 1.82) is 0 Å². The van der Waals surface area contributed by atoms with Crippen molar-refractivity contribution in [3.05, 3.63) is 47.2 Å². The standard InChI is InChI=1S/C23H28ClN3O5S/c1-31-19-7-8-20(32-2)17(14-19)15-27(18-5-6-18)23(28)16-9-12-26(13-10-16)33(29,30)21-4-3-11-25-22(21)24/h3-4,7-8,11,14,16,18H,5-6,9-10,12-13,15H2,1-2H3. The number of carbonyl (C=O) groups is 1. The zero-order chi connectivity index (χ0) is 23.6. The van der Waals surface area contributed by atoms with Crippen LogP contribution >= 0.6 is 11.6 Å². The minimum Gasteiger partial charge on any atom is -0.497 e. The van der Waals surface area contributed by atoms with Gasteiger partial charge in [-0.25, -0.2) is 13.4 Å². The van der Waals surface area contributed by atoms with Crippen molar-refractivity contribution in [3.63, 3.8) is 0 Å². The summed E-state index contributed by atoms with van der Waals surface area (Å²) in [5.41, 5.74) is 0.892. The summed E-state index contributed by atoms with van der Waals surface area (Å²) < 4.78 is 38.2. The third kappa shape index (κ3) is 5.10. The molecular formula is C23H28ClN3O5S. The van der Waals surface area contributed by atoms with Gasteiger partial charge in [-0.2, -0.15) is 4.31 Å². The quantitative estimate of drug-likeness (QED) is 0.524. The summed E-state index contributed by atoms with van der Waals surface area (Å²) in [6.07, 6.45) is 4.34. The summed E-state index contributed by atoms with van der Waals surface area (Å²) in [5.74, 6) is 1.27. The Kier molecular flexibility index (Phi) is 7.11. The second-order valence-electron chi connectivity index (χ2n) is 8.35. The largest absolute Gasteiger partial charge is 0.497 e. The van der Waals surface area contributed by atoms with Gasteiger partial charge in [-0.15, -0.1) is 0 Å². The number of nitrogens with zero attached hydrogens (tertiary/aromatic N) is 3. The number of methoxy groups -OCH3 is 2. The predicted octanol–water partition coefficient (Wildman–Crippen LogP) is 3.34. The van der Waals surface area contributed by atoms with E-state index in [9.17, 15) is 13.2 Å². The van der Waals surface area contributed by atoms with Crippen LogP contribution in [0.3, 0.4) is 0 Å². The number of hydrogen-bond donors (Lipinski definition) is 0. The Bertz CT molecular complexity index is 1110. The predicted molar refractivity (Wildman–Crippen MR) is 124 cm³/mol. The molecule has 10 heteroatoms. The van der Waals surface area contributed by atoms with Crippen molar-refractivity contribution < 1.29 is 22.7 Å². The number of pyridine rings is 1. The van der Waals surface area contributed by atoms with Crippen LogP contribution in [-0.2, 0) is 21.4 Å². The van der Waals surface area contributed by atoms with Crippen LogP contribution in [0.15, 0.2) is 41.4 Å². The number of rotatable bonds is 8. The van der Waals surface area contributed by atoms with E-state index in [1.54, 1.807) is 20.3 Å². The van der Waals surface area contributed by atoms with Crippen molar-refractivity contribution in [3.8, 4) is 11.5 Å². The van der Waals surface area contributed by atoms with E-state index in [2.05, 4.69) is 4.98 Å². The Hall–Kier alpha value is -2.36. The smallest absolute Gasteiger partial charge is 0.246 e. The van der Waals surface area contributed by atoms with E-state index in [1.807, 2.05) is 23.1 Å². The van der Waals surface area contributed by atoms with Crippen molar-refractivity contribution in [2.45, 2.75) is 43.2 Å². The Morgan fingerprint density at radius 1 is 1.15 bits per heavy atom. The van der Waals surface area contributed by atoms with E-state index in [0.29, 0.717) is 30.9 Å². The molecule has 1 saturated heterocycles. The molecule has 0 spiro atoms. The van der Waals surface area contributed by atoms with Crippen LogP contribution in [0, 0.1) is 5.92 Å². The molecule has 4 rings (SSSR count). The summed E-state index contributed by atoms with van der Waals surface area (Å²) in [4.78, 5) is 19.3. The summed E-state index contributed by atoms with van der Waals surface area (Å²) >= 11 is 6.02. The first-order valence-corrected chi connectivity index (χ1v) is 12.8. The molecule has 2 aliphatic rings. The fourth-order valence-corrected chi connectivity index (χ4v) is 6.14. The highest BCUT2D eigenvalue weighted by molar-refractivity contribution is 7.89. The van der Waals surface area contributed by atoms with Gasteiger partial charge in [0.2, 0.25) is 15.9 Å². The van der Waals surface area contributed by atoms with Gasteiger partial charge in [0.05, 0.1) is 14.2 Å². The maximum Gasteiger partial charge on any atom is 0.246 e. The van der Waals surface area contributed by atoms with Crippen LogP contribution in [0.5, 0.6) is 11.5 Å². The highest BCUT2D eigenvalue weighted by Gasteiger charge is 2.39.